The van der Waals surface area contributed by atoms with Crippen LogP contribution in [0.3, 0.4) is 0 Å². The van der Waals surface area contributed by atoms with E-state index >= 15 is 0 Å². The molecule has 1 amide bonds. The molecule has 4 nitrogen and oxygen atoms in total. The molecule has 6 heteroatoms. The molecule has 2 aromatic rings. The fourth-order valence-electron chi connectivity index (χ4n) is 4.57. The number of amidine groups is 1. The van der Waals surface area contributed by atoms with Crippen LogP contribution >= 0.6 is 11.8 Å². The molecule has 32 heavy (non-hydrogen) atoms. The van der Waals surface area contributed by atoms with Gasteiger partial charge in [0.15, 0.2) is 5.17 Å². The first-order valence-electron chi connectivity index (χ1n) is 10.7. The second-order valence-electron chi connectivity index (χ2n) is 9.13. The lowest BCUT2D eigenvalue weighted by Gasteiger charge is -2.46. The molecule has 1 N–H and O–H groups in total. The zero-order valence-corrected chi connectivity index (χ0v) is 20.1. The number of thioether (sulfide) groups is 1. The van der Waals surface area contributed by atoms with Gasteiger partial charge in [-0.2, -0.15) is 0 Å². The molecule has 2 aliphatic heterocycles. The van der Waals surface area contributed by atoms with Gasteiger partial charge >= 0.3 is 0 Å². The van der Waals surface area contributed by atoms with E-state index < -0.39 is 0 Å². The molecule has 0 aliphatic carbocycles. The topological polar surface area (TPSA) is 44.7 Å². The second-order valence-corrected chi connectivity index (χ2v) is 10.2. The molecule has 4 rings (SSSR count). The predicted molar refractivity (Wildman–Crippen MR) is 134 cm³/mol. The quantitative estimate of drug-likeness (QED) is 0.549. The zero-order valence-electron chi connectivity index (χ0n) is 19.3. The number of nitrogens with zero attached hydrogens (tertiary/aromatic N) is 2. The van der Waals surface area contributed by atoms with E-state index in [4.69, 9.17) is 0 Å². The molecule has 0 spiro atoms. The van der Waals surface area contributed by atoms with Gasteiger partial charge < -0.3 is 10.2 Å². The molecule has 1 fully saturated rings. The van der Waals surface area contributed by atoms with Crippen LogP contribution in [-0.2, 0) is 4.79 Å². The Morgan fingerprint density at radius 3 is 2.50 bits per heavy atom. The first kappa shape index (κ1) is 22.3. The summed E-state index contributed by atoms with van der Waals surface area (Å²) in [6, 6.07) is 10.6. The lowest BCUT2D eigenvalue weighted by molar-refractivity contribution is -0.115. The van der Waals surface area contributed by atoms with Crippen molar-refractivity contribution in [2.24, 2.45) is 4.99 Å². The fourth-order valence-corrected chi connectivity index (χ4v) is 5.40. The number of benzene rings is 2. The summed E-state index contributed by atoms with van der Waals surface area (Å²) in [5.74, 6) is -0.491. The number of rotatable bonds is 3. The Balaban J connectivity index is 1.69. The van der Waals surface area contributed by atoms with Gasteiger partial charge in [-0.3, -0.25) is 4.79 Å². The Labute approximate surface area is 193 Å². The largest absolute Gasteiger partial charge is 0.360 e. The minimum atomic E-state index is -0.315. The molecule has 0 unspecified atom stereocenters. The number of nitrogens with one attached hydrogen (secondary N) is 1. The number of amides is 1. The van der Waals surface area contributed by atoms with E-state index in [1.165, 1.54) is 40.7 Å². The smallest absolute Gasteiger partial charge is 0.264 e. The number of fused-ring (bicyclic) bond motifs is 1. The summed E-state index contributed by atoms with van der Waals surface area (Å²) in [5.41, 5.74) is 6.32. The number of halogens is 1. The highest BCUT2D eigenvalue weighted by Crippen LogP contribution is 2.42. The number of hydrogen-bond donors (Lipinski definition) is 1. The number of allylic oxidation sites excluding steroid dienone is 1. The maximum Gasteiger partial charge on any atom is 0.264 e. The average molecular weight is 450 g/mol. The molecule has 2 heterocycles. The minimum Gasteiger partial charge on any atom is -0.360 e. The molecule has 0 bridgehead atoms. The number of carbonyl (C=O) groups excluding carboxylic acids is 1. The minimum absolute atomic E-state index is 0.0649. The number of carbonyl (C=O) groups is 1. The van der Waals surface area contributed by atoms with Crippen molar-refractivity contribution in [1.29, 1.82) is 0 Å². The van der Waals surface area contributed by atoms with E-state index in [1.54, 1.807) is 12.1 Å². The van der Waals surface area contributed by atoms with Gasteiger partial charge in [-0.1, -0.05) is 6.08 Å². The van der Waals surface area contributed by atoms with Crippen molar-refractivity contribution in [2.45, 2.75) is 53.1 Å². The van der Waals surface area contributed by atoms with Crippen molar-refractivity contribution in [3.8, 4) is 0 Å². The van der Waals surface area contributed by atoms with Crippen LogP contribution < -0.4 is 10.2 Å². The van der Waals surface area contributed by atoms with Crippen LogP contribution in [0.25, 0.3) is 11.6 Å². The van der Waals surface area contributed by atoms with E-state index in [-0.39, 0.29) is 17.3 Å². The van der Waals surface area contributed by atoms with Crippen molar-refractivity contribution in [3.63, 3.8) is 0 Å². The normalized spacial score (nSPS) is 20.1. The SMILES string of the molecule is CC1=CC(C)(C)N(C(C)C)c2cc(C)c(/C=C3\SC(=Nc4ccc(F)cc4)NC3=O)cc21. The predicted octanol–water partition coefficient (Wildman–Crippen LogP) is 6.44. The van der Waals surface area contributed by atoms with Crippen LogP contribution in [0, 0.1) is 12.7 Å². The van der Waals surface area contributed by atoms with Crippen molar-refractivity contribution < 1.29 is 9.18 Å². The average Bonchev–Trinajstić information content (AvgIpc) is 3.02. The monoisotopic (exact) mass is 449 g/mol. The molecular formula is C26H28FN3OS. The Morgan fingerprint density at radius 2 is 1.84 bits per heavy atom. The Hall–Kier alpha value is -2.86. The van der Waals surface area contributed by atoms with Gasteiger partial charge in [-0.15, -0.1) is 0 Å². The number of aryl methyl sites for hydroxylation is 1. The van der Waals surface area contributed by atoms with Gasteiger partial charge in [-0.05, 0) is 112 Å². The van der Waals surface area contributed by atoms with E-state index in [0.717, 1.165) is 11.1 Å². The van der Waals surface area contributed by atoms with E-state index in [2.05, 4.69) is 75.0 Å². The van der Waals surface area contributed by atoms with E-state index in [1.807, 2.05) is 6.08 Å². The molecular weight excluding hydrogens is 421 g/mol. The highest BCUT2D eigenvalue weighted by molar-refractivity contribution is 8.18. The number of hydrogen-bond acceptors (Lipinski definition) is 4. The number of anilines is 1. The van der Waals surface area contributed by atoms with Gasteiger partial charge in [0.05, 0.1) is 16.1 Å². The van der Waals surface area contributed by atoms with Crippen LogP contribution in [0.15, 0.2) is 52.4 Å². The first-order chi connectivity index (χ1) is 15.0. The summed E-state index contributed by atoms with van der Waals surface area (Å²) in [5, 5.41) is 3.30. The van der Waals surface area contributed by atoms with E-state index in [0.29, 0.717) is 21.8 Å². The van der Waals surface area contributed by atoms with Crippen molar-refractivity contribution in [3.05, 3.63) is 69.9 Å². The molecule has 0 atom stereocenters. The van der Waals surface area contributed by atoms with Crippen LogP contribution in [-0.4, -0.2) is 22.7 Å². The van der Waals surface area contributed by atoms with Gasteiger partial charge in [0, 0.05) is 17.3 Å². The fraction of sp³-hybridized carbons (Fsp3) is 0.308. The van der Waals surface area contributed by atoms with Crippen LogP contribution in [0.2, 0.25) is 0 Å². The Bertz CT molecular complexity index is 1180. The van der Waals surface area contributed by atoms with Crippen molar-refractivity contribution in [2.75, 3.05) is 4.90 Å². The maximum atomic E-state index is 13.1. The van der Waals surface area contributed by atoms with Crippen LogP contribution in [0.5, 0.6) is 0 Å². The molecule has 2 aromatic carbocycles. The molecule has 166 valence electrons. The molecule has 0 radical (unpaired) electrons. The highest BCUT2D eigenvalue weighted by Gasteiger charge is 2.33. The third-order valence-corrected chi connectivity index (χ3v) is 6.68. The summed E-state index contributed by atoms with van der Waals surface area (Å²) in [4.78, 5) is 20.0. The van der Waals surface area contributed by atoms with Crippen LogP contribution in [0.1, 0.15) is 51.3 Å². The van der Waals surface area contributed by atoms with Crippen molar-refractivity contribution >= 4 is 45.9 Å². The highest BCUT2D eigenvalue weighted by atomic mass is 32.2. The maximum absolute atomic E-state index is 13.1. The van der Waals surface area contributed by atoms with Gasteiger partial charge in [0.25, 0.3) is 5.91 Å². The second kappa shape index (κ2) is 8.24. The standard InChI is InChI=1S/C26H28FN3OS/c1-15(2)30-22-11-16(3)18(12-21(22)17(4)14-26(30,5)6)13-23-24(31)29-25(32-23)28-20-9-7-19(27)8-10-20/h7-15H,1-6H3,(H,28,29,31)/b23-13-. The van der Waals surface area contributed by atoms with Gasteiger partial charge in [0.2, 0.25) is 0 Å². The molecule has 0 aromatic heterocycles. The van der Waals surface area contributed by atoms with Crippen molar-refractivity contribution in [1.82, 2.24) is 5.32 Å². The molecule has 2 aliphatic rings. The van der Waals surface area contributed by atoms with E-state index in [9.17, 15) is 9.18 Å². The Morgan fingerprint density at radius 1 is 1.16 bits per heavy atom. The lowest BCUT2D eigenvalue weighted by atomic mass is 9.86. The van der Waals surface area contributed by atoms with Crippen LogP contribution in [0.4, 0.5) is 15.8 Å². The third-order valence-electron chi connectivity index (χ3n) is 5.77. The molecule has 0 saturated carbocycles. The summed E-state index contributed by atoms with van der Waals surface area (Å²) in [6.45, 7) is 13.1. The summed E-state index contributed by atoms with van der Waals surface area (Å²) >= 11 is 1.30. The first-order valence-corrected chi connectivity index (χ1v) is 11.6. The summed E-state index contributed by atoms with van der Waals surface area (Å²) < 4.78 is 13.1. The third kappa shape index (κ3) is 4.24. The zero-order chi connectivity index (χ0) is 23.2. The lowest BCUT2D eigenvalue weighted by Crippen LogP contribution is -2.49. The molecule has 1 saturated heterocycles. The summed E-state index contributed by atoms with van der Waals surface area (Å²) in [7, 11) is 0. The Kier molecular flexibility index (Phi) is 5.76. The summed E-state index contributed by atoms with van der Waals surface area (Å²) in [6.07, 6.45) is 4.24. The number of aliphatic imine (C=N–C) groups is 1. The van der Waals surface area contributed by atoms with Gasteiger partial charge in [-0.25, -0.2) is 9.38 Å². The van der Waals surface area contributed by atoms with Gasteiger partial charge in [0.1, 0.15) is 5.82 Å².